The summed E-state index contributed by atoms with van der Waals surface area (Å²) in [5.74, 6) is 2.01. The Hall–Kier alpha value is -2.49. The van der Waals surface area contributed by atoms with Crippen molar-refractivity contribution >= 4 is 11.6 Å². The van der Waals surface area contributed by atoms with Crippen molar-refractivity contribution in [3.8, 4) is 11.5 Å². The minimum absolute atomic E-state index is 0.416. The molecule has 0 radical (unpaired) electrons. The molecule has 2 aromatic carbocycles. The number of nitrogens with two attached hydrogens (primary N) is 1. The second-order valence-electron chi connectivity index (χ2n) is 3.92. The van der Waals surface area contributed by atoms with Gasteiger partial charge in [0, 0.05) is 12.2 Å². The number of ether oxygens (including phenoxy) is 1. The first-order valence-corrected chi connectivity index (χ1v) is 6.18. The van der Waals surface area contributed by atoms with Gasteiger partial charge in [0.15, 0.2) is 5.96 Å². The maximum absolute atomic E-state index is 5.70. The van der Waals surface area contributed by atoms with Crippen LogP contribution >= 0.6 is 0 Å². The van der Waals surface area contributed by atoms with E-state index in [-0.39, 0.29) is 0 Å². The number of anilines is 1. The molecule has 0 atom stereocenters. The maximum atomic E-state index is 5.70. The fourth-order valence-corrected chi connectivity index (χ4v) is 1.59. The molecule has 0 aliphatic carbocycles. The Kier molecular flexibility index (Phi) is 4.39. The van der Waals surface area contributed by atoms with Gasteiger partial charge in [-0.3, -0.25) is 4.99 Å². The number of para-hydroxylation sites is 1. The van der Waals surface area contributed by atoms with Gasteiger partial charge in [0.25, 0.3) is 0 Å². The second-order valence-corrected chi connectivity index (χ2v) is 3.92. The second kappa shape index (κ2) is 6.44. The van der Waals surface area contributed by atoms with Crippen molar-refractivity contribution in [3.63, 3.8) is 0 Å². The number of nitrogens with one attached hydrogen (secondary N) is 1. The molecule has 0 aliphatic rings. The van der Waals surface area contributed by atoms with Crippen molar-refractivity contribution in [1.29, 1.82) is 0 Å². The van der Waals surface area contributed by atoms with Gasteiger partial charge in [0.1, 0.15) is 11.5 Å². The summed E-state index contributed by atoms with van der Waals surface area (Å²) in [7, 11) is 0. The van der Waals surface area contributed by atoms with Gasteiger partial charge in [-0.2, -0.15) is 0 Å². The Balaban J connectivity index is 2.01. The molecule has 0 aliphatic heterocycles. The van der Waals surface area contributed by atoms with Crippen LogP contribution in [0.15, 0.2) is 59.6 Å². The summed E-state index contributed by atoms with van der Waals surface area (Å²) < 4.78 is 5.70. The van der Waals surface area contributed by atoms with Gasteiger partial charge in [-0.25, -0.2) is 0 Å². The lowest BCUT2D eigenvalue weighted by molar-refractivity contribution is 0.483. The van der Waals surface area contributed by atoms with Crippen LogP contribution in [0, 0.1) is 0 Å². The lowest BCUT2D eigenvalue weighted by Crippen LogP contribution is -2.22. The highest BCUT2D eigenvalue weighted by atomic mass is 16.5. The highest BCUT2D eigenvalue weighted by Gasteiger charge is 1.98. The molecule has 0 saturated heterocycles. The molecule has 0 bridgehead atoms. The first kappa shape index (κ1) is 13.0. The minimum Gasteiger partial charge on any atom is -0.457 e. The normalized spacial score (nSPS) is 11.1. The van der Waals surface area contributed by atoms with Crippen LogP contribution in [0.1, 0.15) is 6.92 Å². The van der Waals surface area contributed by atoms with E-state index in [9.17, 15) is 0 Å². The molecule has 0 unspecified atom stereocenters. The quantitative estimate of drug-likeness (QED) is 0.651. The zero-order valence-electron chi connectivity index (χ0n) is 10.8. The average molecular weight is 255 g/mol. The van der Waals surface area contributed by atoms with Gasteiger partial charge in [-0.05, 0) is 43.3 Å². The Morgan fingerprint density at radius 1 is 1.05 bits per heavy atom. The fourth-order valence-electron chi connectivity index (χ4n) is 1.59. The highest BCUT2D eigenvalue weighted by molar-refractivity contribution is 5.92. The van der Waals surface area contributed by atoms with E-state index < -0.39 is 0 Å². The van der Waals surface area contributed by atoms with Crippen LogP contribution in [0.4, 0.5) is 5.69 Å². The van der Waals surface area contributed by atoms with Crippen molar-refractivity contribution in [2.75, 3.05) is 11.9 Å². The minimum atomic E-state index is 0.416. The summed E-state index contributed by atoms with van der Waals surface area (Å²) in [6.07, 6.45) is 0. The average Bonchev–Trinajstić information content (AvgIpc) is 2.42. The smallest absolute Gasteiger partial charge is 0.193 e. The van der Waals surface area contributed by atoms with Crippen LogP contribution in [0.5, 0.6) is 11.5 Å². The fraction of sp³-hybridized carbons (Fsp3) is 0.133. The predicted molar refractivity (Wildman–Crippen MR) is 78.7 cm³/mol. The van der Waals surface area contributed by atoms with E-state index >= 15 is 0 Å². The zero-order valence-corrected chi connectivity index (χ0v) is 10.8. The van der Waals surface area contributed by atoms with Crippen LogP contribution in [0.3, 0.4) is 0 Å². The molecule has 0 fully saturated rings. The topological polar surface area (TPSA) is 59.6 Å². The van der Waals surface area contributed by atoms with Crippen molar-refractivity contribution in [2.45, 2.75) is 6.92 Å². The summed E-state index contributed by atoms with van der Waals surface area (Å²) in [6, 6.07) is 17.2. The SMILES string of the molecule is CCN=C(N)Nc1ccc(Oc2ccccc2)cc1. The van der Waals surface area contributed by atoms with Gasteiger partial charge in [-0.15, -0.1) is 0 Å². The first-order valence-electron chi connectivity index (χ1n) is 6.18. The number of hydrogen-bond donors (Lipinski definition) is 2. The molecule has 4 heteroatoms. The van der Waals surface area contributed by atoms with E-state index in [4.69, 9.17) is 10.5 Å². The number of rotatable bonds is 4. The van der Waals surface area contributed by atoms with Crippen LogP contribution in [-0.4, -0.2) is 12.5 Å². The lowest BCUT2D eigenvalue weighted by atomic mass is 10.3. The van der Waals surface area contributed by atoms with Crippen LogP contribution in [0.25, 0.3) is 0 Å². The zero-order chi connectivity index (χ0) is 13.5. The number of nitrogens with zero attached hydrogens (tertiary/aromatic N) is 1. The molecule has 0 amide bonds. The Morgan fingerprint density at radius 2 is 1.68 bits per heavy atom. The molecule has 4 nitrogen and oxygen atoms in total. The van der Waals surface area contributed by atoms with E-state index in [1.54, 1.807) is 0 Å². The molecule has 98 valence electrons. The van der Waals surface area contributed by atoms with Crippen LogP contribution in [-0.2, 0) is 0 Å². The van der Waals surface area contributed by atoms with Gasteiger partial charge in [0.2, 0.25) is 0 Å². The molecular formula is C15H17N3O. The summed E-state index contributed by atoms with van der Waals surface area (Å²) in [6.45, 7) is 2.60. The van der Waals surface area contributed by atoms with Gasteiger partial charge >= 0.3 is 0 Å². The first-order chi connectivity index (χ1) is 9.28. The van der Waals surface area contributed by atoms with E-state index in [1.807, 2.05) is 61.5 Å². The van der Waals surface area contributed by atoms with Crippen molar-refractivity contribution in [1.82, 2.24) is 0 Å². The lowest BCUT2D eigenvalue weighted by Gasteiger charge is -2.08. The molecule has 2 aromatic rings. The number of aliphatic imine (C=N–C) groups is 1. The third kappa shape index (κ3) is 4.03. The number of guanidine groups is 1. The molecule has 0 saturated carbocycles. The van der Waals surface area contributed by atoms with E-state index in [0.29, 0.717) is 12.5 Å². The van der Waals surface area contributed by atoms with Gasteiger partial charge in [-0.1, -0.05) is 18.2 Å². The monoisotopic (exact) mass is 255 g/mol. The predicted octanol–water partition coefficient (Wildman–Crippen LogP) is 3.23. The van der Waals surface area contributed by atoms with E-state index in [1.165, 1.54) is 0 Å². The Labute approximate surface area is 112 Å². The highest BCUT2D eigenvalue weighted by Crippen LogP contribution is 2.22. The third-order valence-corrected chi connectivity index (χ3v) is 2.43. The number of hydrogen-bond acceptors (Lipinski definition) is 2. The number of benzene rings is 2. The molecule has 2 rings (SSSR count). The Morgan fingerprint density at radius 3 is 2.32 bits per heavy atom. The van der Waals surface area contributed by atoms with Crippen molar-refractivity contribution in [2.24, 2.45) is 10.7 Å². The van der Waals surface area contributed by atoms with Crippen molar-refractivity contribution in [3.05, 3.63) is 54.6 Å². The van der Waals surface area contributed by atoms with Crippen molar-refractivity contribution < 1.29 is 4.74 Å². The van der Waals surface area contributed by atoms with Gasteiger partial charge < -0.3 is 15.8 Å². The molecule has 19 heavy (non-hydrogen) atoms. The molecule has 0 aromatic heterocycles. The van der Waals surface area contributed by atoms with Gasteiger partial charge in [0.05, 0.1) is 0 Å². The van der Waals surface area contributed by atoms with E-state index in [0.717, 1.165) is 17.2 Å². The molecular weight excluding hydrogens is 238 g/mol. The summed E-state index contributed by atoms with van der Waals surface area (Å²) in [5, 5.41) is 3.01. The van der Waals surface area contributed by atoms with E-state index in [2.05, 4.69) is 10.3 Å². The molecule has 0 heterocycles. The maximum Gasteiger partial charge on any atom is 0.193 e. The largest absolute Gasteiger partial charge is 0.457 e. The standard InChI is InChI=1S/C15H17N3O/c1-2-17-15(16)18-12-8-10-14(11-9-12)19-13-6-4-3-5-7-13/h3-11H,2H2,1H3,(H3,16,17,18). The molecule has 0 spiro atoms. The summed E-state index contributed by atoms with van der Waals surface area (Å²) in [5.41, 5.74) is 6.57. The summed E-state index contributed by atoms with van der Waals surface area (Å²) in [4.78, 5) is 4.06. The third-order valence-electron chi connectivity index (χ3n) is 2.43. The van der Waals surface area contributed by atoms with Crippen LogP contribution < -0.4 is 15.8 Å². The van der Waals surface area contributed by atoms with Crippen LogP contribution in [0.2, 0.25) is 0 Å². The summed E-state index contributed by atoms with van der Waals surface area (Å²) >= 11 is 0. The molecule has 3 N–H and O–H groups in total. The Bertz CT molecular complexity index is 535.